The molecule has 0 aliphatic rings. The summed E-state index contributed by atoms with van der Waals surface area (Å²) < 4.78 is 13.9. The highest BCUT2D eigenvalue weighted by Crippen LogP contribution is 2.48. The number of anilines is 6. The molecule has 0 bridgehead atoms. The van der Waals surface area contributed by atoms with E-state index in [0.29, 0.717) is 5.02 Å². The number of hydrogen-bond acceptors (Lipinski definition) is 2. The molecule has 0 aromatic heterocycles. The van der Waals surface area contributed by atoms with Crippen molar-refractivity contribution in [1.29, 1.82) is 0 Å². The van der Waals surface area contributed by atoms with Crippen LogP contribution in [0.25, 0.3) is 11.1 Å². The maximum atomic E-state index is 13.9. The minimum atomic E-state index is -0.274. The van der Waals surface area contributed by atoms with Crippen LogP contribution in [0.1, 0.15) is 0 Å². The average molecular weight is 541 g/mol. The molecule has 0 aliphatic heterocycles. The second-order valence-corrected chi connectivity index (χ2v) is 9.73. The van der Waals surface area contributed by atoms with Gasteiger partial charge in [-0.15, -0.1) is 0 Å². The van der Waals surface area contributed by atoms with Crippen molar-refractivity contribution in [3.05, 3.63) is 169 Å². The summed E-state index contributed by atoms with van der Waals surface area (Å²) in [5.74, 6) is -0.274. The Labute approximate surface area is 239 Å². The summed E-state index contributed by atoms with van der Waals surface area (Å²) in [6.07, 6.45) is 0. The molecule has 6 aromatic rings. The van der Waals surface area contributed by atoms with Crippen molar-refractivity contribution in [2.24, 2.45) is 0 Å². The first kappa shape index (κ1) is 25.4. The Morgan fingerprint density at radius 2 is 0.725 bits per heavy atom. The molecule has 6 aromatic carbocycles. The first-order chi connectivity index (χ1) is 19.7. The smallest absolute Gasteiger partial charge is 0.123 e. The maximum Gasteiger partial charge on any atom is 0.123 e. The summed E-state index contributed by atoms with van der Waals surface area (Å²) >= 11 is 7.44. The molecule has 6 rings (SSSR count). The SMILES string of the molecule is Fc1ccc(-c2cc(N(c3ccccc3)c3ccccc3)c(Cl)c(N(c3ccccc3)c3ccccc3)c2)cc1. The predicted octanol–water partition coefficient (Wildman–Crippen LogP) is 11.1. The van der Waals surface area contributed by atoms with E-state index < -0.39 is 0 Å². The van der Waals surface area contributed by atoms with E-state index in [1.165, 1.54) is 12.1 Å². The molecule has 0 amide bonds. The fourth-order valence-corrected chi connectivity index (χ4v) is 5.17. The monoisotopic (exact) mass is 540 g/mol. The van der Waals surface area contributed by atoms with Crippen molar-refractivity contribution in [1.82, 2.24) is 0 Å². The van der Waals surface area contributed by atoms with Crippen LogP contribution in [-0.4, -0.2) is 0 Å². The molecule has 0 aliphatic carbocycles. The summed E-state index contributed by atoms with van der Waals surface area (Å²) in [5.41, 5.74) is 7.34. The third kappa shape index (κ3) is 5.20. The summed E-state index contributed by atoms with van der Waals surface area (Å²) in [4.78, 5) is 4.32. The zero-order valence-corrected chi connectivity index (χ0v) is 22.4. The molecule has 0 spiro atoms. The van der Waals surface area contributed by atoms with Gasteiger partial charge in [-0.3, -0.25) is 0 Å². The van der Waals surface area contributed by atoms with Crippen LogP contribution >= 0.6 is 11.6 Å². The third-order valence-electron chi connectivity index (χ3n) is 6.75. The normalized spacial score (nSPS) is 10.8. The van der Waals surface area contributed by atoms with Gasteiger partial charge < -0.3 is 9.80 Å². The zero-order valence-electron chi connectivity index (χ0n) is 21.7. The van der Waals surface area contributed by atoms with Crippen LogP contribution in [-0.2, 0) is 0 Å². The van der Waals surface area contributed by atoms with Crippen molar-refractivity contribution in [2.45, 2.75) is 0 Å². The number of para-hydroxylation sites is 4. The van der Waals surface area contributed by atoms with Gasteiger partial charge in [-0.05, 0) is 83.9 Å². The minimum Gasteiger partial charge on any atom is -0.309 e. The molecule has 0 unspecified atom stereocenters. The second-order valence-electron chi connectivity index (χ2n) is 9.35. The molecule has 0 N–H and O–H groups in total. The fraction of sp³-hybridized carbons (Fsp3) is 0. The lowest BCUT2D eigenvalue weighted by Gasteiger charge is -2.31. The van der Waals surface area contributed by atoms with Crippen molar-refractivity contribution in [3.63, 3.8) is 0 Å². The van der Waals surface area contributed by atoms with E-state index in [-0.39, 0.29) is 5.82 Å². The van der Waals surface area contributed by atoms with Gasteiger partial charge in [0.15, 0.2) is 0 Å². The third-order valence-corrected chi connectivity index (χ3v) is 7.14. The van der Waals surface area contributed by atoms with Gasteiger partial charge in [-0.25, -0.2) is 4.39 Å². The Morgan fingerprint density at radius 1 is 0.400 bits per heavy atom. The largest absolute Gasteiger partial charge is 0.309 e. The summed E-state index contributed by atoms with van der Waals surface area (Å²) in [6, 6.07) is 51.4. The highest BCUT2D eigenvalue weighted by molar-refractivity contribution is 6.37. The standard InChI is InChI=1S/C36H26ClFN2/c37-36-34(39(30-13-5-1-6-14-30)31-15-7-2-8-16-31)25-28(27-21-23-29(38)24-22-27)26-35(36)40(32-17-9-3-10-18-32)33-19-11-4-12-20-33/h1-26H. The molecule has 0 atom stereocenters. The number of halogens is 2. The van der Waals surface area contributed by atoms with E-state index >= 15 is 0 Å². The van der Waals surface area contributed by atoms with Crippen LogP contribution in [0.2, 0.25) is 5.02 Å². The van der Waals surface area contributed by atoms with E-state index in [4.69, 9.17) is 11.6 Å². The highest BCUT2D eigenvalue weighted by atomic mass is 35.5. The summed E-state index contributed by atoms with van der Waals surface area (Å²) in [6.45, 7) is 0. The maximum absolute atomic E-state index is 13.9. The van der Waals surface area contributed by atoms with Gasteiger partial charge in [0.2, 0.25) is 0 Å². The van der Waals surface area contributed by atoms with Gasteiger partial charge in [-0.2, -0.15) is 0 Å². The van der Waals surface area contributed by atoms with Gasteiger partial charge in [0.05, 0.1) is 16.4 Å². The quantitative estimate of drug-likeness (QED) is 0.199. The van der Waals surface area contributed by atoms with E-state index in [1.54, 1.807) is 12.1 Å². The van der Waals surface area contributed by atoms with Crippen LogP contribution in [0, 0.1) is 5.82 Å². The molecule has 0 saturated carbocycles. The molecule has 40 heavy (non-hydrogen) atoms. The van der Waals surface area contributed by atoms with Crippen molar-refractivity contribution >= 4 is 45.7 Å². The van der Waals surface area contributed by atoms with Crippen molar-refractivity contribution in [2.75, 3.05) is 9.80 Å². The molecule has 194 valence electrons. The Morgan fingerprint density at radius 3 is 1.05 bits per heavy atom. The molecule has 0 saturated heterocycles. The Hall–Kier alpha value is -4.86. The van der Waals surface area contributed by atoms with Crippen LogP contribution < -0.4 is 9.80 Å². The fourth-order valence-electron chi connectivity index (χ4n) is 4.89. The Balaban J connectivity index is 1.66. The molecule has 2 nitrogen and oxygen atoms in total. The van der Waals surface area contributed by atoms with Gasteiger partial charge in [0.1, 0.15) is 5.82 Å². The Bertz CT molecular complexity index is 1510. The van der Waals surface area contributed by atoms with Crippen LogP contribution in [0.15, 0.2) is 158 Å². The number of hydrogen-bond donors (Lipinski definition) is 0. The van der Waals surface area contributed by atoms with Crippen molar-refractivity contribution < 1.29 is 4.39 Å². The van der Waals surface area contributed by atoms with Crippen molar-refractivity contribution in [3.8, 4) is 11.1 Å². The topological polar surface area (TPSA) is 6.48 Å². The van der Waals surface area contributed by atoms with Gasteiger partial charge in [0.25, 0.3) is 0 Å². The number of nitrogens with zero attached hydrogens (tertiary/aromatic N) is 2. The lowest BCUT2D eigenvalue weighted by atomic mass is 10.0. The molecule has 0 radical (unpaired) electrons. The number of benzene rings is 6. The summed E-state index contributed by atoms with van der Waals surface area (Å²) in [5, 5.41) is 0.589. The molecule has 0 heterocycles. The molecule has 0 fully saturated rings. The first-order valence-corrected chi connectivity index (χ1v) is 13.5. The molecular weight excluding hydrogens is 515 g/mol. The van der Waals surface area contributed by atoms with E-state index in [9.17, 15) is 4.39 Å². The van der Waals surface area contributed by atoms with E-state index in [2.05, 4.69) is 70.5 Å². The molecule has 4 heteroatoms. The predicted molar refractivity (Wildman–Crippen MR) is 166 cm³/mol. The zero-order chi connectivity index (χ0) is 27.3. The van der Waals surface area contributed by atoms with Gasteiger partial charge in [-0.1, -0.05) is 96.5 Å². The van der Waals surface area contributed by atoms with E-state index in [1.807, 2.05) is 72.8 Å². The van der Waals surface area contributed by atoms with E-state index in [0.717, 1.165) is 45.3 Å². The van der Waals surface area contributed by atoms with Gasteiger partial charge in [0, 0.05) is 22.7 Å². The average Bonchev–Trinajstić information content (AvgIpc) is 3.02. The molecular formula is C36H26ClFN2. The van der Waals surface area contributed by atoms with Crippen LogP contribution in [0.5, 0.6) is 0 Å². The highest BCUT2D eigenvalue weighted by Gasteiger charge is 2.23. The summed E-state index contributed by atoms with van der Waals surface area (Å²) in [7, 11) is 0. The second kappa shape index (κ2) is 11.5. The lowest BCUT2D eigenvalue weighted by molar-refractivity contribution is 0.628. The van der Waals surface area contributed by atoms with Crippen LogP contribution in [0.3, 0.4) is 0 Å². The first-order valence-electron chi connectivity index (χ1n) is 13.1. The minimum absolute atomic E-state index is 0.274. The lowest BCUT2D eigenvalue weighted by Crippen LogP contribution is -2.14. The van der Waals surface area contributed by atoms with Gasteiger partial charge >= 0.3 is 0 Å². The Kier molecular flexibility index (Phi) is 7.30. The van der Waals surface area contributed by atoms with Crippen LogP contribution in [0.4, 0.5) is 38.5 Å². The number of rotatable bonds is 7.